The summed E-state index contributed by atoms with van der Waals surface area (Å²) in [5, 5.41) is 3.20. The van der Waals surface area contributed by atoms with Crippen molar-refractivity contribution >= 4 is 5.82 Å². The number of hydrogen-bond acceptors (Lipinski definition) is 5. The number of nitrogens with one attached hydrogen (secondary N) is 1. The molecule has 1 fully saturated rings. The van der Waals surface area contributed by atoms with Gasteiger partial charge in [0.1, 0.15) is 6.10 Å². The number of hydrogen-bond donors (Lipinski definition) is 2. The normalized spacial score (nSPS) is 21.7. The molecule has 1 atom stereocenters. The quantitative estimate of drug-likeness (QED) is 0.659. The van der Waals surface area contributed by atoms with Crippen LogP contribution < -0.4 is 15.8 Å². The van der Waals surface area contributed by atoms with Crippen LogP contribution in [0.1, 0.15) is 6.42 Å². The Bertz CT molecular complexity index is 285. The molecule has 2 rings (SSSR count). The molecule has 1 aliphatic rings. The Kier molecular flexibility index (Phi) is 2.27. The molecule has 5 nitrogen and oxygen atoms in total. The van der Waals surface area contributed by atoms with E-state index < -0.39 is 0 Å². The third-order valence-electron chi connectivity index (χ3n) is 1.98. The Hall–Kier alpha value is -1.36. The van der Waals surface area contributed by atoms with Gasteiger partial charge in [-0.05, 0) is 13.0 Å². The lowest BCUT2D eigenvalue weighted by Gasteiger charge is -2.11. The number of rotatable bonds is 2. The molecule has 0 unspecified atom stereocenters. The second kappa shape index (κ2) is 3.57. The van der Waals surface area contributed by atoms with Crippen molar-refractivity contribution in [2.45, 2.75) is 12.5 Å². The lowest BCUT2D eigenvalue weighted by Crippen LogP contribution is -2.20. The van der Waals surface area contributed by atoms with Gasteiger partial charge < -0.3 is 15.8 Å². The molecule has 0 saturated carbocycles. The van der Waals surface area contributed by atoms with Crippen molar-refractivity contribution in [3.63, 3.8) is 0 Å². The number of ether oxygens (including phenoxy) is 1. The van der Waals surface area contributed by atoms with Crippen molar-refractivity contribution in [3.8, 4) is 5.88 Å². The zero-order chi connectivity index (χ0) is 9.10. The van der Waals surface area contributed by atoms with Gasteiger partial charge in [-0.3, -0.25) is 0 Å². The highest BCUT2D eigenvalue weighted by Gasteiger charge is 2.17. The van der Waals surface area contributed by atoms with Gasteiger partial charge in [0.05, 0.1) is 0 Å². The molecule has 1 aromatic rings. The van der Waals surface area contributed by atoms with Crippen LogP contribution in [0.5, 0.6) is 5.88 Å². The van der Waals surface area contributed by atoms with E-state index >= 15 is 0 Å². The molecular formula is C8H12N4O. The van der Waals surface area contributed by atoms with Crippen molar-refractivity contribution in [2.24, 2.45) is 0 Å². The van der Waals surface area contributed by atoms with Gasteiger partial charge in [-0.25, -0.2) is 9.97 Å². The molecule has 0 bridgehead atoms. The molecule has 0 aliphatic carbocycles. The molecule has 1 saturated heterocycles. The summed E-state index contributed by atoms with van der Waals surface area (Å²) in [5.74, 6) is 0.797. The molecule has 0 radical (unpaired) electrons. The maximum absolute atomic E-state index is 5.58. The number of aromatic nitrogens is 2. The molecule has 1 aromatic heterocycles. The summed E-state index contributed by atoms with van der Waals surface area (Å²) >= 11 is 0. The highest BCUT2D eigenvalue weighted by atomic mass is 16.5. The fourth-order valence-electron chi connectivity index (χ4n) is 1.31. The average Bonchev–Trinajstić information content (AvgIpc) is 2.61. The van der Waals surface area contributed by atoms with Crippen LogP contribution in [-0.2, 0) is 0 Å². The van der Waals surface area contributed by atoms with Gasteiger partial charge in [-0.1, -0.05) is 0 Å². The maximum Gasteiger partial charge on any atom is 0.257 e. The van der Waals surface area contributed by atoms with Crippen LogP contribution in [0.2, 0.25) is 0 Å². The van der Waals surface area contributed by atoms with Gasteiger partial charge >= 0.3 is 0 Å². The van der Waals surface area contributed by atoms with Crippen molar-refractivity contribution in [2.75, 3.05) is 18.8 Å². The number of nitrogens with zero attached hydrogens (tertiary/aromatic N) is 2. The Balaban J connectivity index is 2.04. The molecule has 3 N–H and O–H groups in total. The fourth-order valence-corrected chi connectivity index (χ4v) is 1.31. The average molecular weight is 180 g/mol. The SMILES string of the molecule is Nc1nccnc1O[C@@H]1CCNC1. The number of anilines is 1. The highest BCUT2D eigenvalue weighted by molar-refractivity contribution is 5.38. The summed E-state index contributed by atoms with van der Waals surface area (Å²) in [6.45, 7) is 1.85. The first-order valence-corrected chi connectivity index (χ1v) is 4.30. The molecule has 0 spiro atoms. The third-order valence-corrected chi connectivity index (χ3v) is 1.98. The third kappa shape index (κ3) is 1.86. The predicted molar refractivity (Wildman–Crippen MR) is 48.3 cm³/mol. The van der Waals surface area contributed by atoms with Gasteiger partial charge in [0.2, 0.25) is 0 Å². The predicted octanol–water partition coefficient (Wildman–Crippen LogP) is -0.201. The van der Waals surface area contributed by atoms with Gasteiger partial charge in [-0.2, -0.15) is 0 Å². The van der Waals surface area contributed by atoms with Gasteiger partial charge in [-0.15, -0.1) is 0 Å². The van der Waals surface area contributed by atoms with E-state index in [1.165, 1.54) is 0 Å². The second-order valence-corrected chi connectivity index (χ2v) is 2.98. The lowest BCUT2D eigenvalue weighted by molar-refractivity contribution is 0.214. The topological polar surface area (TPSA) is 73.1 Å². The molecule has 1 aliphatic heterocycles. The van der Waals surface area contributed by atoms with Crippen LogP contribution in [0.3, 0.4) is 0 Å². The second-order valence-electron chi connectivity index (χ2n) is 2.98. The smallest absolute Gasteiger partial charge is 0.257 e. The van der Waals surface area contributed by atoms with Crippen molar-refractivity contribution < 1.29 is 4.74 Å². The Morgan fingerprint density at radius 3 is 3.00 bits per heavy atom. The standard InChI is InChI=1S/C8H12N4O/c9-7-8(12-4-3-11-7)13-6-1-2-10-5-6/h3-4,6,10H,1-2,5H2,(H2,9,11)/t6-/m1/s1. The number of nitrogen functional groups attached to an aromatic ring is 1. The first-order valence-electron chi connectivity index (χ1n) is 4.30. The highest BCUT2D eigenvalue weighted by Crippen LogP contribution is 2.16. The molecule has 2 heterocycles. The molecule has 0 amide bonds. The van der Waals surface area contributed by atoms with E-state index in [0.717, 1.165) is 19.5 Å². The van der Waals surface area contributed by atoms with Crippen molar-refractivity contribution in [1.29, 1.82) is 0 Å². The molecule has 5 heteroatoms. The van der Waals surface area contributed by atoms with E-state index in [4.69, 9.17) is 10.5 Å². The summed E-state index contributed by atoms with van der Waals surface area (Å²) in [6, 6.07) is 0. The minimum absolute atomic E-state index is 0.180. The minimum atomic E-state index is 0.180. The lowest BCUT2D eigenvalue weighted by atomic mass is 10.3. The first-order chi connectivity index (χ1) is 6.36. The van der Waals surface area contributed by atoms with E-state index in [2.05, 4.69) is 15.3 Å². The van der Waals surface area contributed by atoms with Crippen LogP contribution in [0.15, 0.2) is 12.4 Å². The van der Waals surface area contributed by atoms with Gasteiger partial charge in [0, 0.05) is 18.9 Å². The van der Waals surface area contributed by atoms with Gasteiger partial charge in [0.25, 0.3) is 5.88 Å². The summed E-state index contributed by atoms with van der Waals surface area (Å²) < 4.78 is 5.54. The first kappa shape index (κ1) is 8.25. The van der Waals surface area contributed by atoms with Crippen molar-refractivity contribution in [3.05, 3.63) is 12.4 Å². The van der Waals surface area contributed by atoms with Crippen LogP contribution in [0, 0.1) is 0 Å². The molecular weight excluding hydrogens is 168 g/mol. The van der Waals surface area contributed by atoms with Gasteiger partial charge in [0.15, 0.2) is 5.82 Å². The summed E-state index contributed by atoms with van der Waals surface area (Å²) in [5.41, 5.74) is 5.58. The Labute approximate surface area is 76.3 Å². The molecule has 70 valence electrons. The Morgan fingerprint density at radius 2 is 2.31 bits per heavy atom. The zero-order valence-corrected chi connectivity index (χ0v) is 7.23. The van der Waals surface area contributed by atoms with Crippen LogP contribution in [0.4, 0.5) is 5.82 Å². The zero-order valence-electron chi connectivity index (χ0n) is 7.23. The number of nitrogens with two attached hydrogens (primary N) is 1. The van der Waals surface area contributed by atoms with E-state index in [1.54, 1.807) is 12.4 Å². The largest absolute Gasteiger partial charge is 0.470 e. The van der Waals surface area contributed by atoms with E-state index in [-0.39, 0.29) is 6.10 Å². The van der Waals surface area contributed by atoms with Crippen molar-refractivity contribution in [1.82, 2.24) is 15.3 Å². The van der Waals surface area contributed by atoms with Crippen LogP contribution in [-0.4, -0.2) is 29.2 Å². The Morgan fingerprint density at radius 1 is 1.46 bits per heavy atom. The summed E-state index contributed by atoms with van der Waals surface area (Å²) in [4.78, 5) is 7.90. The van der Waals surface area contributed by atoms with E-state index in [0.29, 0.717) is 11.7 Å². The monoisotopic (exact) mass is 180 g/mol. The molecule has 0 aromatic carbocycles. The fraction of sp³-hybridized carbons (Fsp3) is 0.500. The molecule has 13 heavy (non-hydrogen) atoms. The van der Waals surface area contributed by atoms with E-state index in [1.807, 2.05) is 0 Å². The minimum Gasteiger partial charge on any atom is -0.470 e. The maximum atomic E-state index is 5.58. The van der Waals surface area contributed by atoms with Crippen LogP contribution >= 0.6 is 0 Å². The summed E-state index contributed by atoms with van der Waals surface area (Å²) in [6.07, 6.45) is 4.30. The van der Waals surface area contributed by atoms with E-state index in [9.17, 15) is 0 Å². The van der Waals surface area contributed by atoms with Crippen LogP contribution in [0.25, 0.3) is 0 Å². The summed E-state index contributed by atoms with van der Waals surface area (Å²) in [7, 11) is 0.